The third kappa shape index (κ3) is 2.84. The van der Waals surface area contributed by atoms with Crippen molar-refractivity contribution in [1.29, 1.82) is 0 Å². The van der Waals surface area contributed by atoms with Gasteiger partial charge in [-0.2, -0.15) is 5.10 Å². The Hall–Kier alpha value is -2.50. The van der Waals surface area contributed by atoms with Gasteiger partial charge in [0.05, 0.1) is 10.6 Å². The van der Waals surface area contributed by atoms with Crippen LogP contribution in [0.2, 0.25) is 0 Å². The number of fused-ring (bicyclic) bond motifs is 1. The van der Waals surface area contributed by atoms with E-state index in [4.69, 9.17) is 0 Å². The molecule has 1 aromatic carbocycles. The van der Waals surface area contributed by atoms with Crippen molar-refractivity contribution in [2.24, 2.45) is 5.10 Å². The summed E-state index contributed by atoms with van der Waals surface area (Å²) in [5.74, 6) is 0. The number of nitrogens with one attached hydrogen (secondary N) is 1. The summed E-state index contributed by atoms with van der Waals surface area (Å²) in [5, 5.41) is 16.2. The van der Waals surface area contributed by atoms with Gasteiger partial charge in [-0.3, -0.25) is 15.5 Å². The van der Waals surface area contributed by atoms with Crippen molar-refractivity contribution in [2.75, 3.05) is 5.43 Å². The van der Waals surface area contributed by atoms with Gasteiger partial charge in [-0.25, -0.2) is 4.98 Å². The minimum absolute atomic E-state index is 0.0152. The Morgan fingerprint density at radius 3 is 2.76 bits per heavy atom. The zero-order valence-corrected chi connectivity index (χ0v) is 11.6. The van der Waals surface area contributed by atoms with Crippen LogP contribution in [0.4, 0.5) is 11.4 Å². The summed E-state index contributed by atoms with van der Waals surface area (Å²) in [6.45, 7) is 0. The van der Waals surface area contributed by atoms with Gasteiger partial charge in [-0.05, 0) is 43.9 Å². The highest BCUT2D eigenvalue weighted by molar-refractivity contribution is 5.97. The standard InChI is InChI=1S/C15H16N4O2/c20-19(21)14-9-8-13(12-7-4-10-16-15(12)14)18-17-11-5-2-1-3-6-11/h4,7-10,18H,1-3,5-6H2. The summed E-state index contributed by atoms with van der Waals surface area (Å²) in [6.07, 6.45) is 7.24. The Morgan fingerprint density at radius 2 is 2.00 bits per heavy atom. The molecule has 1 aliphatic rings. The molecule has 0 bridgehead atoms. The molecule has 108 valence electrons. The fraction of sp³-hybridized carbons (Fsp3) is 0.333. The minimum atomic E-state index is -0.411. The number of anilines is 1. The summed E-state index contributed by atoms with van der Waals surface area (Å²) in [7, 11) is 0. The van der Waals surface area contributed by atoms with E-state index in [-0.39, 0.29) is 5.69 Å². The first-order chi connectivity index (χ1) is 10.3. The number of nitro groups is 1. The van der Waals surface area contributed by atoms with Crippen LogP contribution in [0.1, 0.15) is 32.1 Å². The van der Waals surface area contributed by atoms with Crippen molar-refractivity contribution >= 4 is 28.0 Å². The van der Waals surface area contributed by atoms with E-state index in [2.05, 4.69) is 15.5 Å². The van der Waals surface area contributed by atoms with Crippen molar-refractivity contribution in [3.63, 3.8) is 0 Å². The molecule has 0 saturated heterocycles. The van der Waals surface area contributed by atoms with Crippen LogP contribution in [-0.4, -0.2) is 15.6 Å². The normalized spacial score (nSPS) is 15.0. The molecule has 0 spiro atoms. The number of aromatic nitrogens is 1. The van der Waals surface area contributed by atoms with Crippen LogP contribution in [0.3, 0.4) is 0 Å². The van der Waals surface area contributed by atoms with Gasteiger partial charge in [0.15, 0.2) is 0 Å². The van der Waals surface area contributed by atoms with E-state index in [0.29, 0.717) is 10.9 Å². The van der Waals surface area contributed by atoms with Gasteiger partial charge in [0.2, 0.25) is 0 Å². The summed E-state index contributed by atoms with van der Waals surface area (Å²) in [4.78, 5) is 14.8. The third-order valence-electron chi connectivity index (χ3n) is 3.71. The first-order valence-electron chi connectivity index (χ1n) is 7.09. The van der Waals surface area contributed by atoms with Gasteiger partial charge < -0.3 is 0 Å². The SMILES string of the molecule is O=[N+]([O-])c1ccc(NN=C2CCCCC2)c2cccnc12. The number of hydrazone groups is 1. The van der Waals surface area contributed by atoms with E-state index in [1.165, 1.54) is 25.3 Å². The zero-order chi connectivity index (χ0) is 14.7. The van der Waals surface area contributed by atoms with E-state index in [1.807, 2.05) is 6.07 Å². The first-order valence-corrected chi connectivity index (χ1v) is 7.09. The Bertz CT molecular complexity index is 704. The number of benzene rings is 1. The van der Waals surface area contributed by atoms with Crippen LogP contribution in [-0.2, 0) is 0 Å². The van der Waals surface area contributed by atoms with Crippen LogP contribution >= 0.6 is 0 Å². The smallest absolute Gasteiger partial charge is 0.278 e. The highest BCUT2D eigenvalue weighted by Gasteiger charge is 2.15. The molecule has 1 N–H and O–H groups in total. The second-order valence-electron chi connectivity index (χ2n) is 5.14. The first kappa shape index (κ1) is 13.5. The van der Waals surface area contributed by atoms with Crippen molar-refractivity contribution < 1.29 is 4.92 Å². The van der Waals surface area contributed by atoms with Crippen LogP contribution in [0.25, 0.3) is 10.9 Å². The number of non-ortho nitro benzene ring substituents is 1. The topological polar surface area (TPSA) is 80.4 Å². The Labute approximate surface area is 122 Å². The van der Waals surface area contributed by atoms with Crippen LogP contribution in [0.15, 0.2) is 35.6 Å². The summed E-state index contributed by atoms with van der Waals surface area (Å²) in [6, 6.07) is 6.75. The second-order valence-corrected chi connectivity index (χ2v) is 5.14. The molecule has 1 saturated carbocycles. The Morgan fingerprint density at radius 1 is 1.19 bits per heavy atom. The monoisotopic (exact) mass is 284 g/mol. The average molecular weight is 284 g/mol. The molecule has 1 heterocycles. The zero-order valence-electron chi connectivity index (χ0n) is 11.6. The maximum atomic E-state index is 11.0. The number of hydrogen-bond acceptors (Lipinski definition) is 5. The Balaban J connectivity index is 1.96. The number of pyridine rings is 1. The van der Waals surface area contributed by atoms with Crippen LogP contribution in [0, 0.1) is 10.1 Å². The number of rotatable bonds is 3. The summed E-state index contributed by atoms with van der Waals surface area (Å²) >= 11 is 0. The van der Waals surface area contributed by atoms with Gasteiger partial charge >= 0.3 is 0 Å². The molecule has 0 radical (unpaired) electrons. The van der Waals surface area contributed by atoms with Gasteiger partial charge in [0.1, 0.15) is 5.52 Å². The summed E-state index contributed by atoms with van der Waals surface area (Å²) < 4.78 is 0. The van der Waals surface area contributed by atoms with E-state index < -0.39 is 4.92 Å². The molecule has 6 heteroatoms. The third-order valence-corrected chi connectivity index (χ3v) is 3.71. The number of nitro benzene ring substituents is 1. The number of nitrogens with zero attached hydrogens (tertiary/aromatic N) is 3. The number of hydrogen-bond donors (Lipinski definition) is 1. The molecule has 1 aliphatic carbocycles. The fourth-order valence-corrected chi connectivity index (χ4v) is 2.61. The molecule has 0 atom stereocenters. The fourth-order valence-electron chi connectivity index (χ4n) is 2.61. The van der Waals surface area contributed by atoms with Gasteiger partial charge in [0, 0.05) is 23.4 Å². The molecule has 0 amide bonds. The van der Waals surface area contributed by atoms with Crippen molar-refractivity contribution in [3.05, 3.63) is 40.6 Å². The lowest BCUT2D eigenvalue weighted by Gasteiger charge is -2.13. The highest BCUT2D eigenvalue weighted by Crippen LogP contribution is 2.29. The molecule has 0 aliphatic heterocycles. The van der Waals surface area contributed by atoms with Crippen LogP contribution < -0.4 is 5.43 Å². The van der Waals surface area contributed by atoms with E-state index >= 15 is 0 Å². The molecular weight excluding hydrogens is 268 g/mol. The predicted octanol–water partition coefficient (Wildman–Crippen LogP) is 3.88. The van der Waals surface area contributed by atoms with Crippen molar-refractivity contribution in [2.45, 2.75) is 32.1 Å². The minimum Gasteiger partial charge on any atom is -0.278 e. The molecule has 2 aromatic rings. The van der Waals surface area contributed by atoms with Gasteiger partial charge in [-0.15, -0.1) is 0 Å². The lowest BCUT2D eigenvalue weighted by atomic mass is 9.99. The maximum absolute atomic E-state index is 11.0. The molecule has 1 aromatic heterocycles. The summed E-state index contributed by atoms with van der Waals surface area (Å²) in [5.41, 5.74) is 5.36. The average Bonchev–Trinajstić information content (AvgIpc) is 2.53. The molecule has 1 fully saturated rings. The lowest BCUT2D eigenvalue weighted by Crippen LogP contribution is -2.07. The molecule has 3 rings (SSSR count). The van der Waals surface area contributed by atoms with Crippen molar-refractivity contribution in [1.82, 2.24) is 4.98 Å². The van der Waals surface area contributed by atoms with E-state index in [9.17, 15) is 10.1 Å². The second kappa shape index (κ2) is 5.87. The maximum Gasteiger partial charge on any atom is 0.295 e. The quantitative estimate of drug-likeness (QED) is 0.685. The van der Waals surface area contributed by atoms with Gasteiger partial charge in [0.25, 0.3) is 5.69 Å². The largest absolute Gasteiger partial charge is 0.295 e. The van der Waals surface area contributed by atoms with Crippen molar-refractivity contribution in [3.8, 4) is 0 Å². The molecule has 21 heavy (non-hydrogen) atoms. The van der Waals surface area contributed by atoms with E-state index in [0.717, 1.165) is 24.2 Å². The molecule has 0 unspecified atom stereocenters. The predicted molar refractivity (Wildman–Crippen MR) is 82.5 cm³/mol. The lowest BCUT2D eigenvalue weighted by molar-refractivity contribution is -0.383. The molecular formula is C15H16N4O2. The highest BCUT2D eigenvalue weighted by atomic mass is 16.6. The van der Waals surface area contributed by atoms with Gasteiger partial charge in [-0.1, -0.05) is 6.42 Å². The Kier molecular flexibility index (Phi) is 3.77. The molecule has 6 nitrogen and oxygen atoms in total. The van der Waals surface area contributed by atoms with E-state index in [1.54, 1.807) is 18.3 Å². The van der Waals surface area contributed by atoms with Crippen LogP contribution in [0.5, 0.6) is 0 Å².